The van der Waals surface area contributed by atoms with E-state index in [0.717, 1.165) is 10.9 Å². The van der Waals surface area contributed by atoms with Gasteiger partial charge < -0.3 is 9.47 Å². The van der Waals surface area contributed by atoms with Gasteiger partial charge in [0.25, 0.3) is 5.56 Å². The predicted molar refractivity (Wildman–Crippen MR) is 138 cm³/mol. The van der Waals surface area contributed by atoms with Crippen LogP contribution in [0, 0.1) is 0 Å². The quantitative estimate of drug-likeness (QED) is 0.322. The van der Waals surface area contributed by atoms with Crippen LogP contribution >= 0.6 is 27.5 Å². The Kier molecular flexibility index (Phi) is 7.85. The van der Waals surface area contributed by atoms with Crippen molar-refractivity contribution >= 4 is 44.6 Å². The summed E-state index contributed by atoms with van der Waals surface area (Å²) in [6, 6.07) is 9.01. The fraction of sp³-hybridized carbons (Fsp3) is 0.400. The first-order valence-electron chi connectivity index (χ1n) is 10.9. The number of rotatable bonds is 7. The van der Waals surface area contributed by atoms with Crippen molar-refractivity contribution in [1.82, 2.24) is 9.66 Å². The van der Waals surface area contributed by atoms with E-state index in [0.29, 0.717) is 45.4 Å². The lowest BCUT2D eigenvalue weighted by molar-refractivity contribution is 0.203. The number of fused-ring (bicyclic) bond motifs is 1. The predicted octanol–water partition coefficient (Wildman–Crippen LogP) is 6.57. The Morgan fingerprint density at radius 2 is 1.97 bits per heavy atom. The van der Waals surface area contributed by atoms with Crippen LogP contribution in [0.4, 0.5) is 0 Å². The Morgan fingerprint density at radius 3 is 2.61 bits per heavy atom. The van der Waals surface area contributed by atoms with Crippen molar-refractivity contribution in [2.24, 2.45) is 5.10 Å². The first-order valence-corrected chi connectivity index (χ1v) is 12.1. The van der Waals surface area contributed by atoms with E-state index in [1.54, 1.807) is 18.3 Å². The van der Waals surface area contributed by atoms with Gasteiger partial charge in [0.1, 0.15) is 5.82 Å². The molecule has 1 heterocycles. The number of halogens is 2. The minimum Gasteiger partial charge on any atom is -0.490 e. The molecule has 6 nitrogen and oxygen atoms in total. The second kappa shape index (κ2) is 10.3. The van der Waals surface area contributed by atoms with E-state index in [-0.39, 0.29) is 11.7 Å². The Morgan fingerprint density at radius 1 is 1.24 bits per heavy atom. The van der Waals surface area contributed by atoms with E-state index in [4.69, 9.17) is 26.1 Å². The number of benzene rings is 2. The number of nitrogens with zero attached hydrogens (tertiary/aromatic N) is 3. The van der Waals surface area contributed by atoms with Gasteiger partial charge in [-0.2, -0.15) is 9.78 Å². The van der Waals surface area contributed by atoms with Crippen molar-refractivity contribution in [2.45, 2.75) is 59.5 Å². The molecule has 3 aromatic rings. The summed E-state index contributed by atoms with van der Waals surface area (Å²) < 4.78 is 13.9. The van der Waals surface area contributed by atoms with Gasteiger partial charge in [-0.15, -0.1) is 0 Å². The molecule has 0 saturated carbocycles. The summed E-state index contributed by atoms with van der Waals surface area (Å²) in [5.41, 5.74) is 0.670. The van der Waals surface area contributed by atoms with Gasteiger partial charge in [0, 0.05) is 9.89 Å². The monoisotopic (exact) mass is 533 g/mol. The SMILES string of the molecule is CCOc1cc(C=Nn2c(C(C)(C)C)nc3ccc(Br)cc3c2=O)cc(Cl)c1O[C@@H](C)CC. The molecule has 3 rings (SSSR count). The molecule has 0 aliphatic carbocycles. The molecule has 0 spiro atoms. The molecule has 1 atom stereocenters. The number of aromatic nitrogens is 2. The molecule has 8 heteroatoms. The zero-order valence-electron chi connectivity index (χ0n) is 19.8. The normalized spacial score (nSPS) is 13.0. The third-order valence-electron chi connectivity index (χ3n) is 5.03. The minimum atomic E-state index is -0.403. The fourth-order valence-corrected chi connectivity index (χ4v) is 3.81. The molecule has 0 unspecified atom stereocenters. The Bertz CT molecular complexity index is 1250. The van der Waals surface area contributed by atoms with Gasteiger partial charge in [0.2, 0.25) is 0 Å². The summed E-state index contributed by atoms with van der Waals surface area (Å²) in [5, 5.41) is 5.43. The maximum Gasteiger partial charge on any atom is 0.282 e. The molecule has 2 aromatic carbocycles. The molecule has 176 valence electrons. The van der Waals surface area contributed by atoms with E-state index >= 15 is 0 Å². The average Bonchev–Trinajstić information content (AvgIpc) is 2.75. The maximum atomic E-state index is 13.3. The van der Waals surface area contributed by atoms with Crippen LogP contribution in [0.3, 0.4) is 0 Å². The summed E-state index contributed by atoms with van der Waals surface area (Å²) in [7, 11) is 0. The zero-order chi connectivity index (χ0) is 24.3. The first kappa shape index (κ1) is 25.2. The smallest absolute Gasteiger partial charge is 0.282 e. The Labute approximate surface area is 207 Å². The zero-order valence-corrected chi connectivity index (χ0v) is 22.1. The molecular weight excluding hydrogens is 506 g/mol. The molecule has 1 aromatic heterocycles. The van der Waals surface area contributed by atoms with E-state index in [2.05, 4.69) is 21.0 Å². The third kappa shape index (κ3) is 5.76. The molecule has 0 aliphatic heterocycles. The molecule has 0 amide bonds. The van der Waals surface area contributed by atoms with Crippen LogP contribution in [0.5, 0.6) is 11.5 Å². The second-order valence-corrected chi connectivity index (χ2v) is 10.1. The average molecular weight is 535 g/mol. The highest BCUT2D eigenvalue weighted by molar-refractivity contribution is 9.10. The van der Waals surface area contributed by atoms with Crippen LogP contribution in [-0.4, -0.2) is 28.6 Å². The van der Waals surface area contributed by atoms with Crippen LogP contribution in [0.1, 0.15) is 59.4 Å². The molecule has 0 radical (unpaired) electrons. The van der Waals surface area contributed by atoms with Gasteiger partial charge >= 0.3 is 0 Å². The lowest BCUT2D eigenvalue weighted by Crippen LogP contribution is -2.29. The summed E-state index contributed by atoms with van der Waals surface area (Å²) in [6.45, 7) is 12.4. The lowest BCUT2D eigenvalue weighted by atomic mass is 9.95. The highest BCUT2D eigenvalue weighted by atomic mass is 79.9. The highest BCUT2D eigenvalue weighted by Crippen LogP contribution is 2.37. The van der Waals surface area contributed by atoms with Crippen molar-refractivity contribution < 1.29 is 9.47 Å². The van der Waals surface area contributed by atoms with Crippen molar-refractivity contribution in [3.8, 4) is 11.5 Å². The Balaban J connectivity index is 2.13. The summed E-state index contributed by atoms with van der Waals surface area (Å²) in [5.74, 6) is 1.61. The standard InChI is InChI=1S/C25H29BrClN3O3/c1-7-15(3)33-22-19(27)11-16(12-21(22)32-8-2)14-28-30-23(31)18-13-17(26)9-10-20(18)29-24(30)25(4,5)6/h9-15H,7-8H2,1-6H3/t15-/m0/s1. The van der Waals surface area contributed by atoms with Gasteiger partial charge in [-0.25, -0.2) is 4.98 Å². The first-order chi connectivity index (χ1) is 15.5. The molecule has 0 fully saturated rings. The van der Waals surface area contributed by atoms with Crippen LogP contribution in [-0.2, 0) is 5.41 Å². The summed E-state index contributed by atoms with van der Waals surface area (Å²) >= 11 is 9.96. The molecule has 0 aliphatic rings. The molecule has 0 saturated heterocycles. The van der Waals surface area contributed by atoms with Crippen LogP contribution < -0.4 is 15.0 Å². The molecule has 0 N–H and O–H groups in total. The minimum absolute atomic E-state index is 0.00265. The molecule has 33 heavy (non-hydrogen) atoms. The number of ether oxygens (including phenoxy) is 2. The van der Waals surface area contributed by atoms with Crippen molar-refractivity contribution in [3.63, 3.8) is 0 Å². The van der Waals surface area contributed by atoms with Gasteiger partial charge in [0.05, 0.1) is 34.9 Å². The van der Waals surface area contributed by atoms with Crippen molar-refractivity contribution in [1.29, 1.82) is 0 Å². The Hall–Kier alpha value is -2.38. The van der Waals surface area contributed by atoms with Crippen LogP contribution in [0.15, 0.2) is 44.7 Å². The van der Waals surface area contributed by atoms with E-state index < -0.39 is 5.41 Å². The van der Waals surface area contributed by atoms with Gasteiger partial charge in [-0.1, -0.05) is 55.2 Å². The van der Waals surface area contributed by atoms with Crippen LogP contribution in [0.2, 0.25) is 5.02 Å². The van der Waals surface area contributed by atoms with E-state index in [1.807, 2.05) is 59.7 Å². The van der Waals surface area contributed by atoms with E-state index in [9.17, 15) is 4.79 Å². The maximum absolute atomic E-state index is 13.3. The largest absolute Gasteiger partial charge is 0.490 e. The highest BCUT2D eigenvalue weighted by Gasteiger charge is 2.23. The summed E-state index contributed by atoms with van der Waals surface area (Å²) in [6.07, 6.45) is 2.43. The van der Waals surface area contributed by atoms with Crippen molar-refractivity contribution in [3.05, 3.63) is 61.6 Å². The van der Waals surface area contributed by atoms with Gasteiger partial charge in [0.15, 0.2) is 11.5 Å². The number of hydrogen-bond donors (Lipinski definition) is 0. The molecule has 0 bridgehead atoms. The lowest BCUT2D eigenvalue weighted by Gasteiger charge is -2.21. The van der Waals surface area contributed by atoms with Crippen LogP contribution in [0.25, 0.3) is 10.9 Å². The van der Waals surface area contributed by atoms with Crippen molar-refractivity contribution in [2.75, 3.05) is 6.61 Å². The fourth-order valence-electron chi connectivity index (χ4n) is 3.19. The summed E-state index contributed by atoms with van der Waals surface area (Å²) in [4.78, 5) is 18.1. The third-order valence-corrected chi connectivity index (χ3v) is 5.80. The topological polar surface area (TPSA) is 65.7 Å². The van der Waals surface area contributed by atoms with E-state index in [1.165, 1.54) is 4.68 Å². The second-order valence-electron chi connectivity index (χ2n) is 8.81. The van der Waals surface area contributed by atoms with Gasteiger partial charge in [-0.05, 0) is 56.2 Å². The van der Waals surface area contributed by atoms with Gasteiger partial charge in [-0.3, -0.25) is 4.79 Å². The molecular formula is C25H29BrClN3O3. The number of hydrogen-bond acceptors (Lipinski definition) is 5.